The maximum absolute atomic E-state index is 10.9. The molecule has 0 fully saturated rings. The third-order valence-electron chi connectivity index (χ3n) is 2.18. The molecule has 0 bridgehead atoms. The van der Waals surface area contributed by atoms with Crippen LogP contribution in [0.3, 0.4) is 0 Å². The Hall–Kier alpha value is -1.39. The second-order valence-electron chi connectivity index (χ2n) is 3.93. The van der Waals surface area contributed by atoms with Crippen molar-refractivity contribution in [2.45, 2.75) is 26.6 Å². The number of carboxylic acids is 1. The maximum atomic E-state index is 10.9. The van der Waals surface area contributed by atoms with Gasteiger partial charge in [-0.2, -0.15) is 0 Å². The normalized spacial score (nSPS) is 10.8. The van der Waals surface area contributed by atoms with Gasteiger partial charge in [0.1, 0.15) is 0 Å². The molecule has 0 amide bonds. The summed E-state index contributed by atoms with van der Waals surface area (Å²) in [5.74, 6) is -0.928. The summed E-state index contributed by atoms with van der Waals surface area (Å²) in [4.78, 5) is 10.9. The van der Waals surface area contributed by atoms with Crippen molar-refractivity contribution in [1.82, 2.24) is 0 Å². The third kappa shape index (κ3) is 4.97. The third-order valence-corrected chi connectivity index (χ3v) is 2.18. The van der Waals surface area contributed by atoms with Crippen LogP contribution in [0.4, 0.5) is 0 Å². The van der Waals surface area contributed by atoms with Crippen molar-refractivity contribution < 1.29 is 19.4 Å². The zero-order chi connectivity index (χ0) is 12.7. The number of ether oxygens (including phenoxy) is 2. The van der Waals surface area contributed by atoms with E-state index in [9.17, 15) is 4.79 Å². The number of benzene rings is 1. The van der Waals surface area contributed by atoms with Gasteiger partial charge in [0.2, 0.25) is 0 Å². The first-order valence-electron chi connectivity index (χ1n) is 5.62. The lowest BCUT2D eigenvalue weighted by molar-refractivity contribution is 0.0140. The fraction of sp³-hybridized carbons (Fsp3) is 0.462. The van der Waals surface area contributed by atoms with E-state index in [-0.39, 0.29) is 11.7 Å². The molecular weight excluding hydrogens is 220 g/mol. The Morgan fingerprint density at radius 2 is 2.00 bits per heavy atom. The highest BCUT2D eigenvalue weighted by molar-refractivity contribution is 5.89. The zero-order valence-electron chi connectivity index (χ0n) is 10.2. The van der Waals surface area contributed by atoms with E-state index in [1.54, 1.807) is 24.3 Å². The van der Waals surface area contributed by atoms with Crippen LogP contribution in [0, 0.1) is 0 Å². The van der Waals surface area contributed by atoms with Crippen molar-refractivity contribution in [2.75, 3.05) is 13.2 Å². The van der Waals surface area contributed by atoms with E-state index in [2.05, 4.69) is 0 Å². The molecule has 0 unspecified atom stereocenters. The van der Waals surface area contributed by atoms with Crippen LogP contribution in [0.5, 0.6) is 0 Å². The Bertz CT molecular complexity index is 360. The molecule has 0 spiro atoms. The molecular formula is C13H18O4. The van der Waals surface area contributed by atoms with Crippen LogP contribution < -0.4 is 0 Å². The van der Waals surface area contributed by atoms with E-state index in [0.29, 0.717) is 25.4 Å². The van der Waals surface area contributed by atoms with Crippen molar-refractivity contribution in [3.05, 3.63) is 35.4 Å². The number of aromatic carboxylic acids is 1. The summed E-state index contributed by atoms with van der Waals surface area (Å²) < 4.78 is 10.7. The average Bonchev–Trinajstić information content (AvgIpc) is 2.28. The number of hydrogen-bond donors (Lipinski definition) is 1. The minimum Gasteiger partial charge on any atom is -0.478 e. The van der Waals surface area contributed by atoms with Crippen molar-refractivity contribution in [3.8, 4) is 0 Å². The Kier molecular flexibility index (Phi) is 5.66. The first kappa shape index (κ1) is 13.7. The molecule has 4 heteroatoms. The summed E-state index contributed by atoms with van der Waals surface area (Å²) in [6.45, 7) is 5.20. The molecule has 94 valence electrons. The molecule has 0 aliphatic heterocycles. The van der Waals surface area contributed by atoms with Gasteiger partial charge < -0.3 is 14.6 Å². The highest BCUT2D eigenvalue weighted by Gasteiger charge is 2.08. The minimum absolute atomic E-state index is 0.185. The van der Waals surface area contributed by atoms with Crippen LogP contribution >= 0.6 is 0 Å². The van der Waals surface area contributed by atoms with Gasteiger partial charge in [-0.05, 0) is 25.5 Å². The molecule has 0 radical (unpaired) electrons. The molecule has 0 aromatic heterocycles. The molecule has 0 aliphatic carbocycles. The topological polar surface area (TPSA) is 55.8 Å². The van der Waals surface area contributed by atoms with E-state index in [1.165, 1.54) is 0 Å². The van der Waals surface area contributed by atoms with Crippen LogP contribution in [0.15, 0.2) is 24.3 Å². The summed E-state index contributed by atoms with van der Waals surface area (Å²) >= 11 is 0. The fourth-order valence-corrected chi connectivity index (χ4v) is 1.38. The lowest BCUT2D eigenvalue weighted by atomic mass is 10.1. The zero-order valence-corrected chi connectivity index (χ0v) is 10.2. The first-order chi connectivity index (χ1) is 8.11. The highest BCUT2D eigenvalue weighted by Crippen LogP contribution is 2.09. The van der Waals surface area contributed by atoms with E-state index >= 15 is 0 Å². The maximum Gasteiger partial charge on any atom is 0.336 e. The molecule has 4 nitrogen and oxygen atoms in total. The summed E-state index contributed by atoms with van der Waals surface area (Å²) in [5.41, 5.74) is 0.974. The Morgan fingerprint density at radius 3 is 2.65 bits per heavy atom. The molecule has 0 heterocycles. The first-order valence-corrected chi connectivity index (χ1v) is 5.62. The van der Waals surface area contributed by atoms with Gasteiger partial charge in [0.05, 0.1) is 31.5 Å². The van der Waals surface area contributed by atoms with Gasteiger partial charge in [-0.3, -0.25) is 0 Å². The molecule has 17 heavy (non-hydrogen) atoms. The second kappa shape index (κ2) is 7.04. The molecule has 0 saturated heterocycles. The average molecular weight is 238 g/mol. The molecule has 1 aromatic rings. The van der Waals surface area contributed by atoms with Gasteiger partial charge >= 0.3 is 5.97 Å². The molecule has 0 atom stereocenters. The van der Waals surface area contributed by atoms with Crippen LogP contribution in [0.1, 0.15) is 29.8 Å². The number of carboxylic acid groups (broad SMARTS) is 1. The second-order valence-corrected chi connectivity index (χ2v) is 3.93. The van der Waals surface area contributed by atoms with Crippen LogP contribution in [-0.4, -0.2) is 30.4 Å². The van der Waals surface area contributed by atoms with E-state index in [1.807, 2.05) is 13.8 Å². The molecule has 1 N–H and O–H groups in total. The van der Waals surface area contributed by atoms with Crippen LogP contribution in [-0.2, 0) is 16.1 Å². The van der Waals surface area contributed by atoms with Gasteiger partial charge in [0, 0.05) is 0 Å². The number of rotatable bonds is 7. The predicted octanol–water partition coefficient (Wildman–Crippen LogP) is 2.33. The van der Waals surface area contributed by atoms with Crippen molar-refractivity contribution in [2.24, 2.45) is 0 Å². The van der Waals surface area contributed by atoms with Crippen LogP contribution in [0.25, 0.3) is 0 Å². The van der Waals surface area contributed by atoms with Gasteiger partial charge in [-0.25, -0.2) is 4.79 Å². The van der Waals surface area contributed by atoms with E-state index in [4.69, 9.17) is 14.6 Å². The lowest BCUT2D eigenvalue weighted by Gasteiger charge is -2.09. The highest BCUT2D eigenvalue weighted by atomic mass is 16.5. The summed E-state index contributed by atoms with van der Waals surface area (Å²) in [6.07, 6.45) is 0.185. The Balaban J connectivity index is 2.39. The SMILES string of the molecule is CC(C)OCCOCc1ccccc1C(=O)O. The smallest absolute Gasteiger partial charge is 0.336 e. The molecule has 0 aliphatic rings. The fourth-order valence-electron chi connectivity index (χ4n) is 1.38. The molecule has 0 saturated carbocycles. The Labute approximate surface area is 101 Å². The van der Waals surface area contributed by atoms with Crippen molar-refractivity contribution in [3.63, 3.8) is 0 Å². The van der Waals surface area contributed by atoms with E-state index in [0.717, 1.165) is 0 Å². The van der Waals surface area contributed by atoms with Gasteiger partial charge in [-0.1, -0.05) is 18.2 Å². The van der Waals surface area contributed by atoms with Gasteiger partial charge in [0.15, 0.2) is 0 Å². The van der Waals surface area contributed by atoms with Gasteiger partial charge in [0.25, 0.3) is 0 Å². The number of hydrogen-bond acceptors (Lipinski definition) is 3. The van der Waals surface area contributed by atoms with Gasteiger partial charge in [-0.15, -0.1) is 0 Å². The quantitative estimate of drug-likeness (QED) is 0.741. The number of carbonyl (C=O) groups is 1. The van der Waals surface area contributed by atoms with Crippen molar-refractivity contribution in [1.29, 1.82) is 0 Å². The summed E-state index contributed by atoms with van der Waals surface area (Å²) in [7, 11) is 0. The molecule has 1 aromatic carbocycles. The molecule has 1 rings (SSSR count). The monoisotopic (exact) mass is 238 g/mol. The predicted molar refractivity (Wildman–Crippen MR) is 64.1 cm³/mol. The van der Waals surface area contributed by atoms with Crippen LogP contribution in [0.2, 0.25) is 0 Å². The Morgan fingerprint density at radius 1 is 1.29 bits per heavy atom. The summed E-state index contributed by atoms with van der Waals surface area (Å²) in [5, 5.41) is 8.96. The standard InChI is InChI=1S/C13H18O4/c1-10(2)17-8-7-16-9-11-5-3-4-6-12(11)13(14)15/h3-6,10H,7-9H2,1-2H3,(H,14,15). The minimum atomic E-state index is -0.928. The van der Waals surface area contributed by atoms with Crippen molar-refractivity contribution >= 4 is 5.97 Å². The van der Waals surface area contributed by atoms with E-state index < -0.39 is 5.97 Å². The lowest BCUT2D eigenvalue weighted by Crippen LogP contribution is -2.10. The summed E-state index contributed by atoms with van der Waals surface area (Å²) in [6, 6.07) is 6.84. The largest absolute Gasteiger partial charge is 0.478 e.